The molecule has 0 aliphatic carbocycles. The normalized spacial score (nSPS) is 9.50. The number of hydrogen-bond acceptors (Lipinski definition) is 5. The number of nitriles is 1. The molecule has 0 aliphatic rings. The van der Waals surface area contributed by atoms with Crippen LogP contribution in [0, 0.1) is 21.4 Å². The quantitative estimate of drug-likeness (QED) is 0.568. The molecule has 0 unspecified atom stereocenters. The molecule has 0 atom stereocenters. The molecule has 3 N–H and O–H groups in total. The molecule has 1 aromatic carbocycles. The summed E-state index contributed by atoms with van der Waals surface area (Å²) in [6.07, 6.45) is 0. The molecule has 16 heavy (non-hydrogen) atoms. The van der Waals surface area contributed by atoms with E-state index in [0.717, 1.165) is 6.07 Å². The fourth-order valence-electron chi connectivity index (χ4n) is 1.30. The summed E-state index contributed by atoms with van der Waals surface area (Å²) in [5.74, 6) is -1.52. The van der Waals surface area contributed by atoms with Crippen LogP contribution in [0.5, 0.6) is 0 Å². The number of hydrogen-bond donors (Lipinski definition) is 2. The summed E-state index contributed by atoms with van der Waals surface area (Å²) in [5.41, 5.74) is 4.09. The van der Waals surface area contributed by atoms with Crippen LogP contribution >= 0.6 is 0 Å². The molecule has 82 valence electrons. The van der Waals surface area contributed by atoms with Gasteiger partial charge in [0.2, 0.25) is 0 Å². The number of aromatic carboxylic acids is 1. The molecule has 0 heterocycles. The van der Waals surface area contributed by atoms with Gasteiger partial charge in [-0.2, -0.15) is 5.26 Å². The number of nitrogens with zero attached hydrogens (tertiary/aromatic N) is 2. The highest BCUT2D eigenvalue weighted by molar-refractivity contribution is 5.95. The third kappa shape index (κ3) is 1.82. The van der Waals surface area contributed by atoms with E-state index < -0.39 is 22.1 Å². The van der Waals surface area contributed by atoms with Gasteiger partial charge in [-0.05, 0) is 11.6 Å². The van der Waals surface area contributed by atoms with Gasteiger partial charge in [0.25, 0.3) is 5.69 Å². The first-order valence-electron chi connectivity index (χ1n) is 4.16. The Morgan fingerprint density at radius 2 is 2.25 bits per heavy atom. The molecule has 7 nitrogen and oxygen atoms in total. The Kier molecular flexibility index (Phi) is 3.17. The van der Waals surface area contributed by atoms with E-state index in [-0.39, 0.29) is 17.7 Å². The Morgan fingerprint density at radius 3 is 2.62 bits per heavy atom. The van der Waals surface area contributed by atoms with Crippen LogP contribution in [0.3, 0.4) is 0 Å². The van der Waals surface area contributed by atoms with Crippen LogP contribution in [0.25, 0.3) is 0 Å². The van der Waals surface area contributed by atoms with E-state index in [1.807, 2.05) is 0 Å². The molecular weight excluding hydrogens is 214 g/mol. The highest BCUT2D eigenvalue weighted by atomic mass is 16.6. The average Bonchev–Trinajstić information content (AvgIpc) is 2.26. The standard InChI is InChI=1S/C9H7N3O4/c10-3-5-1-2-7(12(15)16)8(9(13)14)6(5)4-11/h1-2H,3,10H2,(H,13,14). The van der Waals surface area contributed by atoms with Crippen molar-refractivity contribution < 1.29 is 14.8 Å². The molecular formula is C9H7N3O4. The van der Waals surface area contributed by atoms with E-state index in [1.165, 1.54) is 6.07 Å². The van der Waals surface area contributed by atoms with Gasteiger partial charge in [-0.1, -0.05) is 0 Å². The van der Waals surface area contributed by atoms with Gasteiger partial charge >= 0.3 is 5.97 Å². The van der Waals surface area contributed by atoms with Crippen LogP contribution in [0.1, 0.15) is 21.5 Å². The van der Waals surface area contributed by atoms with Crippen molar-refractivity contribution in [2.24, 2.45) is 5.73 Å². The average molecular weight is 221 g/mol. The molecule has 1 rings (SSSR count). The van der Waals surface area contributed by atoms with E-state index in [2.05, 4.69) is 0 Å². The highest BCUT2D eigenvalue weighted by Gasteiger charge is 2.25. The lowest BCUT2D eigenvalue weighted by Crippen LogP contribution is -2.10. The van der Waals surface area contributed by atoms with E-state index in [1.54, 1.807) is 6.07 Å². The largest absolute Gasteiger partial charge is 0.477 e. The van der Waals surface area contributed by atoms with Crippen molar-refractivity contribution in [2.45, 2.75) is 6.54 Å². The summed E-state index contributed by atoms with van der Waals surface area (Å²) in [6, 6.07) is 3.94. The van der Waals surface area contributed by atoms with Crippen molar-refractivity contribution in [3.8, 4) is 6.07 Å². The van der Waals surface area contributed by atoms with E-state index in [0.29, 0.717) is 0 Å². The summed E-state index contributed by atoms with van der Waals surface area (Å²) in [6.45, 7) is -0.0544. The Bertz CT molecular complexity index is 504. The number of carbonyl (C=O) groups is 1. The summed E-state index contributed by atoms with van der Waals surface area (Å²) in [4.78, 5) is 20.6. The molecule has 7 heteroatoms. The lowest BCUT2D eigenvalue weighted by Gasteiger charge is -2.04. The predicted molar refractivity (Wildman–Crippen MR) is 52.7 cm³/mol. The van der Waals surface area contributed by atoms with Gasteiger partial charge in [0.15, 0.2) is 5.56 Å². The minimum absolute atomic E-state index is 0.0544. The molecule has 0 radical (unpaired) electrons. The zero-order chi connectivity index (χ0) is 12.3. The van der Waals surface area contributed by atoms with E-state index in [9.17, 15) is 14.9 Å². The lowest BCUT2D eigenvalue weighted by molar-refractivity contribution is -0.385. The first-order valence-corrected chi connectivity index (χ1v) is 4.16. The topological polar surface area (TPSA) is 130 Å². The van der Waals surface area contributed by atoms with Crippen LogP contribution in [0.4, 0.5) is 5.69 Å². The molecule has 1 aromatic rings. The maximum Gasteiger partial charge on any atom is 0.344 e. The second kappa shape index (κ2) is 4.37. The second-order valence-electron chi connectivity index (χ2n) is 2.87. The lowest BCUT2D eigenvalue weighted by atomic mass is 10.00. The van der Waals surface area contributed by atoms with Gasteiger partial charge in [-0.3, -0.25) is 10.1 Å². The number of nitrogens with two attached hydrogens (primary N) is 1. The summed E-state index contributed by atoms with van der Waals surface area (Å²) in [5, 5.41) is 28.2. The molecule has 0 saturated heterocycles. The Hall–Kier alpha value is -2.46. The monoisotopic (exact) mass is 221 g/mol. The fraction of sp³-hybridized carbons (Fsp3) is 0.111. The molecule has 0 spiro atoms. The number of nitro groups is 1. The van der Waals surface area contributed by atoms with Crippen molar-refractivity contribution in [3.05, 3.63) is 38.9 Å². The fourth-order valence-corrected chi connectivity index (χ4v) is 1.30. The SMILES string of the molecule is N#Cc1c(CN)ccc([N+](=O)[O-])c1C(=O)O. The molecule has 0 bridgehead atoms. The maximum absolute atomic E-state index is 10.9. The minimum Gasteiger partial charge on any atom is -0.477 e. The van der Waals surface area contributed by atoms with Gasteiger partial charge < -0.3 is 10.8 Å². The van der Waals surface area contributed by atoms with Crippen molar-refractivity contribution >= 4 is 11.7 Å². The molecule has 0 fully saturated rings. The molecule has 0 aliphatic heterocycles. The van der Waals surface area contributed by atoms with E-state index >= 15 is 0 Å². The van der Waals surface area contributed by atoms with E-state index in [4.69, 9.17) is 16.1 Å². The van der Waals surface area contributed by atoms with Crippen molar-refractivity contribution in [1.29, 1.82) is 5.26 Å². The summed E-state index contributed by atoms with van der Waals surface area (Å²) >= 11 is 0. The third-order valence-electron chi connectivity index (χ3n) is 2.01. The zero-order valence-electron chi connectivity index (χ0n) is 8.01. The Balaban J connectivity index is 3.65. The summed E-state index contributed by atoms with van der Waals surface area (Å²) in [7, 11) is 0. The number of carboxylic acids is 1. The van der Waals surface area contributed by atoms with Crippen LogP contribution in [-0.2, 0) is 6.54 Å². The Labute approximate surface area is 89.9 Å². The van der Waals surface area contributed by atoms with Gasteiger partial charge in [0, 0.05) is 12.6 Å². The number of rotatable bonds is 3. The van der Waals surface area contributed by atoms with Gasteiger partial charge in [-0.25, -0.2) is 4.79 Å². The van der Waals surface area contributed by atoms with Crippen molar-refractivity contribution in [1.82, 2.24) is 0 Å². The van der Waals surface area contributed by atoms with Crippen LogP contribution in [-0.4, -0.2) is 16.0 Å². The first kappa shape index (κ1) is 11.6. The minimum atomic E-state index is -1.52. The van der Waals surface area contributed by atoms with Gasteiger partial charge in [0.1, 0.15) is 6.07 Å². The van der Waals surface area contributed by atoms with Gasteiger partial charge in [0.05, 0.1) is 10.5 Å². The van der Waals surface area contributed by atoms with Crippen molar-refractivity contribution in [3.63, 3.8) is 0 Å². The number of carboxylic acid groups (broad SMARTS) is 1. The van der Waals surface area contributed by atoms with Crippen LogP contribution in [0.2, 0.25) is 0 Å². The highest BCUT2D eigenvalue weighted by Crippen LogP contribution is 2.24. The predicted octanol–water partition coefficient (Wildman–Crippen LogP) is 0.623. The van der Waals surface area contributed by atoms with Crippen LogP contribution in [0.15, 0.2) is 12.1 Å². The third-order valence-corrected chi connectivity index (χ3v) is 2.01. The van der Waals surface area contributed by atoms with Gasteiger partial charge in [-0.15, -0.1) is 0 Å². The maximum atomic E-state index is 10.9. The first-order chi connectivity index (χ1) is 7.52. The van der Waals surface area contributed by atoms with Crippen LogP contribution < -0.4 is 5.73 Å². The summed E-state index contributed by atoms with van der Waals surface area (Å²) < 4.78 is 0. The molecule has 0 saturated carbocycles. The Morgan fingerprint density at radius 1 is 1.62 bits per heavy atom. The van der Waals surface area contributed by atoms with Crippen molar-refractivity contribution in [2.75, 3.05) is 0 Å². The zero-order valence-corrected chi connectivity index (χ0v) is 8.01. The molecule has 0 amide bonds. The number of nitro benzene ring substituents is 1. The second-order valence-corrected chi connectivity index (χ2v) is 2.87. The smallest absolute Gasteiger partial charge is 0.344 e. The molecule has 0 aromatic heterocycles. The number of benzene rings is 1.